The molecular formula is C18H14N3O5S-. The van der Waals surface area contributed by atoms with Crippen LogP contribution in [-0.4, -0.2) is 38.7 Å². The van der Waals surface area contributed by atoms with E-state index in [1.807, 2.05) is 0 Å². The van der Waals surface area contributed by atoms with Crippen molar-refractivity contribution < 1.29 is 24.9 Å². The molecule has 138 valence electrons. The molecular weight excluding hydrogens is 370 g/mol. The van der Waals surface area contributed by atoms with E-state index in [4.69, 9.17) is 0 Å². The van der Waals surface area contributed by atoms with E-state index < -0.39 is 23.5 Å². The lowest BCUT2D eigenvalue weighted by Gasteiger charge is -2.16. The third kappa shape index (κ3) is 4.26. The van der Waals surface area contributed by atoms with Gasteiger partial charge in [-0.25, -0.2) is 0 Å². The summed E-state index contributed by atoms with van der Waals surface area (Å²) in [6.45, 7) is 0. The van der Waals surface area contributed by atoms with Gasteiger partial charge in [-0.2, -0.15) is 5.10 Å². The molecule has 1 amide bonds. The van der Waals surface area contributed by atoms with Crippen LogP contribution in [0.2, 0.25) is 0 Å². The Morgan fingerprint density at radius 3 is 2.56 bits per heavy atom. The monoisotopic (exact) mass is 384 g/mol. The summed E-state index contributed by atoms with van der Waals surface area (Å²) in [5, 5.41) is 37.3. The molecule has 27 heavy (non-hydrogen) atoms. The van der Waals surface area contributed by atoms with Crippen molar-refractivity contribution in [2.75, 3.05) is 4.90 Å². The molecule has 0 bridgehead atoms. The number of phenols is 2. The third-order valence-corrected chi connectivity index (χ3v) is 4.80. The Morgan fingerprint density at radius 2 is 1.89 bits per heavy atom. The predicted octanol–water partition coefficient (Wildman–Crippen LogP) is 1.08. The van der Waals surface area contributed by atoms with Gasteiger partial charge in [0.25, 0.3) is 0 Å². The number of nitrogens with zero attached hydrogens (tertiary/aromatic N) is 3. The largest absolute Gasteiger partial charge is 0.550 e. The van der Waals surface area contributed by atoms with Crippen molar-refractivity contribution >= 4 is 40.7 Å². The highest BCUT2D eigenvalue weighted by molar-refractivity contribution is 8.16. The zero-order valence-corrected chi connectivity index (χ0v) is 14.7. The Kier molecular flexibility index (Phi) is 5.41. The minimum absolute atomic E-state index is 0.0281. The average Bonchev–Trinajstić information content (AvgIpc) is 2.92. The number of carbonyl (C=O) groups excluding carboxylic acids is 2. The molecule has 1 aliphatic rings. The maximum Gasteiger partial charge on any atom is 0.247 e. The van der Waals surface area contributed by atoms with Gasteiger partial charge in [-0.3, -0.25) is 9.69 Å². The number of carboxylic acid groups (broad SMARTS) is 1. The van der Waals surface area contributed by atoms with Crippen molar-refractivity contribution in [3.63, 3.8) is 0 Å². The van der Waals surface area contributed by atoms with Crippen molar-refractivity contribution in [1.29, 1.82) is 0 Å². The number of anilines is 1. The van der Waals surface area contributed by atoms with Gasteiger partial charge in [0.15, 0.2) is 5.17 Å². The van der Waals surface area contributed by atoms with Crippen molar-refractivity contribution in [3.8, 4) is 11.5 Å². The van der Waals surface area contributed by atoms with Crippen LogP contribution in [0, 0.1) is 0 Å². The first kappa shape index (κ1) is 18.5. The fourth-order valence-corrected chi connectivity index (χ4v) is 3.47. The van der Waals surface area contributed by atoms with Crippen molar-refractivity contribution in [1.82, 2.24) is 0 Å². The molecule has 1 fully saturated rings. The molecule has 1 aliphatic heterocycles. The molecule has 2 N–H and O–H groups in total. The maximum absolute atomic E-state index is 12.6. The fraction of sp³-hybridized carbons (Fsp3) is 0.111. The normalized spacial score (nSPS) is 18.5. The summed E-state index contributed by atoms with van der Waals surface area (Å²) in [6.07, 6.45) is 0.870. The van der Waals surface area contributed by atoms with Gasteiger partial charge < -0.3 is 20.1 Å². The number of carbonyl (C=O) groups is 2. The number of carboxylic acids is 1. The number of thioether (sulfide) groups is 1. The minimum atomic E-state index is -1.34. The Balaban J connectivity index is 1.91. The first-order valence-corrected chi connectivity index (χ1v) is 8.72. The lowest BCUT2D eigenvalue weighted by atomic mass is 10.2. The van der Waals surface area contributed by atoms with Crippen molar-refractivity contribution in [3.05, 3.63) is 54.1 Å². The standard InChI is InChI=1S/C18H15N3O5S/c22-13-7-5-12(6-8-13)21-17(26)15(9-16(24)25)27-18(21)20-19-10-11-3-1-2-4-14(11)23/h1-8,10,15,22-23H,9H2,(H,24,25)/p-1. The van der Waals surface area contributed by atoms with Crippen LogP contribution in [0.15, 0.2) is 58.7 Å². The fourth-order valence-electron chi connectivity index (χ4n) is 2.39. The van der Waals surface area contributed by atoms with E-state index in [0.717, 1.165) is 11.8 Å². The van der Waals surface area contributed by atoms with Crippen LogP contribution < -0.4 is 10.0 Å². The molecule has 8 nitrogen and oxygen atoms in total. The molecule has 0 spiro atoms. The molecule has 2 aromatic carbocycles. The van der Waals surface area contributed by atoms with E-state index in [-0.39, 0.29) is 16.7 Å². The first-order valence-electron chi connectivity index (χ1n) is 7.84. The van der Waals surface area contributed by atoms with Gasteiger partial charge in [0.1, 0.15) is 11.5 Å². The molecule has 0 aromatic heterocycles. The summed E-state index contributed by atoms with van der Waals surface area (Å²) < 4.78 is 0. The van der Waals surface area contributed by atoms with Gasteiger partial charge in [-0.05, 0) is 36.4 Å². The summed E-state index contributed by atoms with van der Waals surface area (Å²) >= 11 is 0.960. The Bertz CT molecular complexity index is 927. The van der Waals surface area contributed by atoms with Gasteiger partial charge in [-0.1, -0.05) is 23.9 Å². The van der Waals surface area contributed by atoms with Crippen LogP contribution in [0.4, 0.5) is 5.69 Å². The summed E-state index contributed by atoms with van der Waals surface area (Å²) in [4.78, 5) is 24.7. The van der Waals surface area contributed by atoms with Crippen LogP contribution in [-0.2, 0) is 9.59 Å². The topological polar surface area (TPSA) is 126 Å². The van der Waals surface area contributed by atoms with Gasteiger partial charge in [0, 0.05) is 18.0 Å². The number of aliphatic carboxylic acids is 1. The zero-order chi connectivity index (χ0) is 19.4. The molecule has 2 aromatic rings. The Hall–Kier alpha value is -3.33. The van der Waals surface area contributed by atoms with Crippen LogP contribution in [0.25, 0.3) is 0 Å². The second kappa shape index (κ2) is 7.92. The van der Waals surface area contributed by atoms with E-state index in [9.17, 15) is 24.9 Å². The molecule has 9 heteroatoms. The molecule has 0 radical (unpaired) electrons. The first-order chi connectivity index (χ1) is 13.0. The number of amidine groups is 1. The smallest absolute Gasteiger partial charge is 0.247 e. The molecule has 1 heterocycles. The van der Waals surface area contributed by atoms with Crippen LogP contribution in [0.1, 0.15) is 12.0 Å². The highest BCUT2D eigenvalue weighted by atomic mass is 32.2. The summed E-state index contributed by atoms with van der Waals surface area (Å²) in [5.41, 5.74) is 0.862. The number of hydrogen-bond acceptors (Lipinski definition) is 8. The molecule has 1 atom stereocenters. The molecule has 3 rings (SSSR count). The van der Waals surface area contributed by atoms with E-state index in [0.29, 0.717) is 11.3 Å². The quantitative estimate of drug-likeness (QED) is 0.587. The number of rotatable bonds is 5. The second-order valence-electron chi connectivity index (χ2n) is 5.56. The SMILES string of the molecule is O=C([O-])CC1SC(=NN=Cc2ccccc2O)N(c2ccc(O)cc2)C1=O. The van der Waals surface area contributed by atoms with Gasteiger partial charge in [0.2, 0.25) is 5.91 Å². The molecule has 1 saturated heterocycles. The summed E-state index contributed by atoms with van der Waals surface area (Å²) in [7, 11) is 0. The molecule has 1 unspecified atom stereocenters. The zero-order valence-electron chi connectivity index (χ0n) is 13.8. The Labute approximate surface area is 158 Å². The number of benzene rings is 2. The Morgan fingerprint density at radius 1 is 1.19 bits per heavy atom. The third-order valence-electron chi connectivity index (χ3n) is 3.67. The number of phenolic OH excluding ortho intramolecular Hbond substituents is 2. The number of para-hydroxylation sites is 1. The van der Waals surface area contributed by atoms with Crippen LogP contribution >= 0.6 is 11.8 Å². The number of hydrogen-bond donors (Lipinski definition) is 2. The second-order valence-corrected chi connectivity index (χ2v) is 6.73. The molecule has 0 saturated carbocycles. The maximum atomic E-state index is 12.6. The van der Waals surface area contributed by atoms with Gasteiger partial charge in [0.05, 0.1) is 17.2 Å². The lowest BCUT2D eigenvalue weighted by Crippen LogP contribution is -2.35. The highest BCUT2D eigenvalue weighted by Crippen LogP contribution is 2.34. The number of aromatic hydroxyl groups is 2. The molecule has 0 aliphatic carbocycles. The predicted molar refractivity (Wildman–Crippen MR) is 99.7 cm³/mol. The van der Waals surface area contributed by atoms with Crippen molar-refractivity contribution in [2.45, 2.75) is 11.7 Å². The van der Waals surface area contributed by atoms with Gasteiger partial charge in [-0.15, -0.1) is 5.10 Å². The van der Waals surface area contributed by atoms with Crippen molar-refractivity contribution in [2.24, 2.45) is 10.2 Å². The van der Waals surface area contributed by atoms with E-state index >= 15 is 0 Å². The van der Waals surface area contributed by atoms with Crippen LogP contribution in [0.3, 0.4) is 0 Å². The van der Waals surface area contributed by atoms with Crippen LogP contribution in [0.5, 0.6) is 11.5 Å². The summed E-state index contributed by atoms with van der Waals surface area (Å²) in [5.74, 6) is -1.75. The van der Waals surface area contributed by atoms with Gasteiger partial charge >= 0.3 is 0 Å². The van der Waals surface area contributed by atoms with E-state index in [2.05, 4.69) is 10.2 Å². The minimum Gasteiger partial charge on any atom is -0.550 e. The average molecular weight is 384 g/mol. The summed E-state index contributed by atoms with van der Waals surface area (Å²) in [6, 6.07) is 12.4. The lowest BCUT2D eigenvalue weighted by molar-refractivity contribution is -0.305. The van der Waals surface area contributed by atoms with E-state index in [1.54, 1.807) is 18.2 Å². The highest BCUT2D eigenvalue weighted by Gasteiger charge is 2.39. The number of amides is 1. The van der Waals surface area contributed by atoms with E-state index in [1.165, 1.54) is 41.4 Å².